The minimum atomic E-state index is -0.258. The van der Waals surface area contributed by atoms with Crippen LogP contribution in [0.5, 0.6) is 0 Å². The third-order valence-electron chi connectivity index (χ3n) is 2.25. The fourth-order valence-corrected chi connectivity index (χ4v) is 1.72. The van der Waals surface area contributed by atoms with Crippen molar-refractivity contribution in [3.8, 4) is 0 Å². The van der Waals surface area contributed by atoms with Gasteiger partial charge in [0.05, 0.1) is 19.0 Å². The van der Waals surface area contributed by atoms with E-state index < -0.39 is 0 Å². The van der Waals surface area contributed by atoms with Crippen molar-refractivity contribution >= 4 is 32.9 Å². The molecule has 0 radical (unpaired) electrons. The normalized spacial score (nSPS) is 13.1. The molecule has 2 heterocycles. The first-order valence-corrected chi connectivity index (χ1v) is 6.08. The lowest BCUT2D eigenvalue weighted by atomic mass is 10.4. The van der Waals surface area contributed by atoms with Gasteiger partial charge in [0.25, 0.3) is 0 Å². The van der Waals surface area contributed by atoms with Crippen molar-refractivity contribution in [2.75, 3.05) is 17.7 Å². The number of aliphatic hydroxyl groups is 1. The number of imidazole rings is 1. The summed E-state index contributed by atoms with van der Waals surface area (Å²) in [5, 5.41) is 9.55. The first-order chi connectivity index (χ1) is 8.26. The van der Waals surface area contributed by atoms with Gasteiger partial charge < -0.3 is 15.6 Å². The SMILES string of the molecule is Nc1ncnc2c1ncn2COC(CO)CBr. The predicted octanol–water partition coefficient (Wildman–Crippen LogP) is 0.138. The van der Waals surface area contributed by atoms with E-state index in [0.29, 0.717) is 22.3 Å². The first-order valence-electron chi connectivity index (χ1n) is 4.96. The number of anilines is 1. The molecule has 92 valence electrons. The number of hydrogen-bond donors (Lipinski definition) is 2. The van der Waals surface area contributed by atoms with Gasteiger partial charge in [0.2, 0.25) is 0 Å². The Labute approximate surface area is 106 Å². The highest BCUT2D eigenvalue weighted by molar-refractivity contribution is 9.09. The maximum absolute atomic E-state index is 8.99. The molecule has 7 nitrogen and oxygen atoms in total. The van der Waals surface area contributed by atoms with Gasteiger partial charge in [-0.15, -0.1) is 0 Å². The molecule has 0 aromatic carbocycles. The largest absolute Gasteiger partial charge is 0.394 e. The van der Waals surface area contributed by atoms with Crippen molar-refractivity contribution in [1.82, 2.24) is 19.5 Å². The molecule has 0 bridgehead atoms. The molecular formula is C9H12BrN5O2. The number of aromatic nitrogens is 4. The van der Waals surface area contributed by atoms with Gasteiger partial charge in [-0.25, -0.2) is 15.0 Å². The highest BCUT2D eigenvalue weighted by atomic mass is 79.9. The molecule has 0 spiro atoms. The number of nitrogens with zero attached hydrogens (tertiary/aromatic N) is 4. The molecule has 2 aromatic heterocycles. The summed E-state index contributed by atoms with van der Waals surface area (Å²) in [6, 6.07) is 0. The number of rotatable bonds is 5. The molecule has 0 fully saturated rings. The summed E-state index contributed by atoms with van der Waals surface area (Å²) in [7, 11) is 0. The van der Waals surface area contributed by atoms with Gasteiger partial charge in [-0.2, -0.15) is 0 Å². The Bertz CT molecular complexity index is 499. The molecule has 0 amide bonds. The van der Waals surface area contributed by atoms with Crippen LogP contribution in [0.3, 0.4) is 0 Å². The Kier molecular flexibility index (Phi) is 3.87. The number of hydrogen-bond acceptors (Lipinski definition) is 6. The maximum Gasteiger partial charge on any atom is 0.167 e. The molecule has 0 saturated carbocycles. The smallest absolute Gasteiger partial charge is 0.167 e. The fraction of sp³-hybridized carbons (Fsp3) is 0.444. The summed E-state index contributed by atoms with van der Waals surface area (Å²) in [6.07, 6.45) is 2.70. The van der Waals surface area contributed by atoms with Crippen LogP contribution in [0.25, 0.3) is 11.2 Å². The first kappa shape index (κ1) is 12.2. The minimum Gasteiger partial charge on any atom is -0.394 e. The molecule has 3 N–H and O–H groups in total. The summed E-state index contributed by atoms with van der Waals surface area (Å²) in [4.78, 5) is 12.0. The summed E-state index contributed by atoms with van der Waals surface area (Å²) in [5.74, 6) is 0.341. The average molecular weight is 302 g/mol. The second kappa shape index (κ2) is 5.39. The zero-order valence-electron chi connectivity index (χ0n) is 8.95. The molecule has 8 heteroatoms. The Balaban J connectivity index is 2.17. The molecular weight excluding hydrogens is 290 g/mol. The number of alkyl halides is 1. The molecule has 1 unspecified atom stereocenters. The van der Waals surface area contributed by atoms with Crippen LogP contribution >= 0.6 is 15.9 Å². The number of nitrogen functional groups attached to an aromatic ring is 1. The monoisotopic (exact) mass is 301 g/mol. The Morgan fingerprint density at radius 3 is 3.00 bits per heavy atom. The summed E-state index contributed by atoms with van der Waals surface area (Å²) in [5.41, 5.74) is 6.83. The second-order valence-corrected chi connectivity index (χ2v) is 4.05. The number of nitrogens with two attached hydrogens (primary N) is 1. The third kappa shape index (κ3) is 2.54. The van der Waals surface area contributed by atoms with E-state index in [4.69, 9.17) is 15.6 Å². The van der Waals surface area contributed by atoms with Gasteiger partial charge in [-0.3, -0.25) is 4.57 Å². The lowest BCUT2D eigenvalue weighted by molar-refractivity contribution is -0.00812. The Morgan fingerprint density at radius 1 is 1.47 bits per heavy atom. The highest BCUT2D eigenvalue weighted by Gasteiger charge is 2.10. The minimum absolute atomic E-state index is 0.0466. The Morgan fingerprint density at radius 2 is 2.29 bits per heavy atom. The molecule has 0 aliphatic carbocycles. The van der Waals surface area contributed by atoms with Gasteiger partial charge >= 0.3 is 0 Å². The van der Waals surface area contributed by atoms with Crippen LogP contribution in [-0.2, 0) is 11.5 Å². The number of fused-ring (bicyclic) bond motifs is 1. The standard InChI is InChI=1S/C9H12BrN5O2/c10-1-6(2-16)17-5-15-4-14-7-8(11)12-3-13-9(7)15/h3-4,6,16H,1-2,5H2,(H2,11,12,13). The van der Waals surface area contributed by atoms with Crippen molar-refractivity contribution < 1.29 is 9.84 Å². The van der Waals surface area contributed by atoms with Crippen molar-refractivity contribution in [3.63, 3.8) is 0 Å². The van der Waals surface area contributed by atoms with Crippen molar-refractivity contribution in [2.24, 2.45) is 0 Å². The van der Waals surface area contributed by atoms with E-state index in [-0.39, 0.29) is 19.4 Å². The fourth-order valence-electron chi connectivity index (χ4n) is 1.32. The zero-order chi connectivity index (χ0) is 12.3. The topological polar surface area (TPSA) is 99.1 Å². The number of ether oxygens (including phenoxy) is 1. The van der Waals surface area contributed by atoms with Gasteiger partial charge in [0, 0.05) is 5.33 Å². The summed E-state index contributed by atoms with van der Waals surface area (Å²) >= 11 is 3.25. The molecule has 17 heavy (non-hydrogen) atoms. The van der Waals surface area contributed by atoms with Crippen LogP contribution in [0.2, 0.25) is 0 Å². The van der Waals surface area contributed by atoms with Crippen LogP contribution in [0, 0.1) is 0 Å². The van der Waals surface area contributed by atoms with E-state index >= 15 is 0 Å². The van der Waals surface area contributed by atoms with Crippen molar-refractivity contribution in [3.05, 3.63) is 12.7 Å². The molecule has 2 rings (SSSR count). The van der Waals surface area contributed by atoms with Crippen LogP contribution < -0.4 is 5.73 Å². The second-order valence-electron chi connectivity index (χ2n) is 3.40. The third-order valence-corrected chi connectivity index (χ3v) is 2.98. The molecule has 0 aliphatic heterocycles. The van der Waals surface area contributed by atoms with Crippen LogP contribution in [0.1, 0.15) is 0 Å². The van der Waals surface area contributed by atoms with Crippen LogP contribution in [-0.4, -0.2) is 42.7 Å². The van der Waals surface area contributed by atoms with E-state index in [9.17, 15) is 0 Å². The van der Waals surface area contributed by atoms with E-state index in [0.717, 1.165) is 0 Å². The van der Waals surface area contributed by atoms with E-state index in [1.807, 2.05) is 0 Å². The van der Waals surface area contributed by atoms with Gasteiger partial charge in [-0.05, 0) is 0 Å². The van der Waals surface area contributed by atoms with Gasteiger partial charge in [-0.1, -0.05) is 15.9 Å². The van der Waals surface area contributed by atoms with E-state index in [2.05, 4.69) is 30.9 Å². The lowest BCUT2D eigenvalue weighted by Gasteiger charge is -2.12. The van der Waals surface area contributed by atoms with E-state index in [1.165, 1.54) is 6.33 Å². The molecule has 1 atom stereocenters. The molecule has 2 aromatic rings. The number of halogens is 1. The summed E-state index contributed by atoms with van der Waals surface area (Å²) < 4.78 is 7.16. The van der Waals surface area contributed by atoms with Crippen LogP contribution in [0.15, 0.2) is 12.7 Å². The Hall–Kier alpha value is -1.25. The van der Waals surface area contributed by atoms with Crippen LogP contribution in [0.4, 0.5) is 5.82 Å². The molecule has 0 saturated heterocycles. The van der Waals surface area contributed by atoms with E-state index in [1.54, 1.807) is 10.9 Å². The predicted molar refractivity (Wildman–Crippen MR) is 65.5 cm³/mol. The van der Waals surface area contributed by atoms with Crippen molar-refractivity contribution in [1.29, 1.82) is 0 Å². The highest BCUT2D eigenvalue weighted by Crippen LogP contribution is 2.14. The summed E-state index contributed by atoms with van der Waals surface area (Å²) in [6.45, 7) is 0.207. The zero-order valence-corrected chi connectivity index (χ0v) is 10.5. The van der Waals surface area contributed by atoms with Gasteiger partial charge in [0.15, 0.2) is 11.5 Å². The van der Waals surface area contributed by atoms with Gasteiger partial charge in [0.1, 0.15) is 18.6 Å². The quantitative estimate of drug-likeness (QED) is 0.762. The molecule has 0 aliphatic rings. The lowest BCUT2D eigenvalue weighted by Crippen LogP contribution is -2.20. The maximum atomic E-state index is 8.99. The number of aliphatic hydroxyl groups excluding tert-OH is 1. The average Bonchev–Trinajstić information content (AvgIpc) is 2.75. The van der Waals surface area contributed by atoms with Crippen molar-refractivity contribution in [2.45, 2.75) is 12.8 Å².